The van der Waals surface area contributed by atoms with Crippen LogP contribution in [0.2, 0.25) is 0 Å². The molecule has 0 bridgehead atoms. The molecule has 9 heteroatoms. The molecule has 0 spiro atoms. The van der Waals surface area contributed by atoms with Gasteiger partial charge in [0.2, 0.25) is 16.8 Å². The molecular formula is C18H26N2O6S. The third-order valence-corrected chi connectivity index (χ3v) is 7.08. The van der Waals surface area contributed by atoms with E-state index in [-0.39, 0.29) is 17.9 Å². The zero-order valence-electron chi connectivity index (χ0n) is 15.6. The van der Waals surface area contributed by atoms with Gasteiger partial charge in [-0.2, -0.15) is 4.31 Å². The Hall–Kier alpha value is -1.87. The Kier molecular flexibility index (Phi) is 5.36. The first kappa shape index (κ1) is 19.9. The van der Waals surface area contributed by atoms with Crippen LogP contribution in [-0.4, -0.2) is 48.8 Å². The Balaban J connectivity index is 1.68. The lowest BCUT2D eigenvalue weighted by Crippen LogP contribution is -2.47. The van der Waals surface area contributed by atoms with Crippen molar-refractivity contribution in [3.05, 3.63) is 17.9 Å². The Morgan fingerprint density at radius 1 is 1.37 bits per heavy atom. The second-order valence-corrected chi connectivity index (χ2v) is 9.83. The molecule has 1 aliphatic heterocycles. The highest BCUT2D eigenvalue weighted by Gasteiger charge is 2.45. The normalized spacial score (nSPS) is 22.1. The Bertz CT molecular complexity index is 825. The molecule has 2 heterocycles. The number of furan rings is 1. The van der Waals surface area contributed by atoms with Crippen LogP contribution in [0.25, 0.3) is 0 Å². The van der Waals surface area contributed by atoms with Crippen LogP contribution in [0.15, 0.2) is 21.6 Å². The summed E-state index contributed by atoms with van der Waals surface area (Å²) in [6.45, 7) is 5.09. The van der Waals surface area contributed by atoms with E-state index in [1.54, 1.807) is 0 Å². The van der Waals surface area contributed by atoms with Gasteiger partial charge in [0.15, 0.2) is 0 Å². The number of nitrogens with zero attached hydrogens (tertiary/aromatic N) is 1. The van der Waals surface area contributed by atoms with Crippen molar-refractivity contribution in [3.8, 4) is 0 Å². The van der Waals surface area contributed by atoms with Gasteiger partial charge in [0.1, 0.15) is 6.04 Å². The van der Waals surface area contributed by atoms with E-state index in [4.69, 9.17) is 9.52 Å². The quantitative estimate of drug-likeness (QED) is 0.692. The van der Waals surface area contributed by atoms with Gasteiger partial charge in [-0.05, 0) is 55.6 Å². The minimum Gasteiger partial charge on any atom is -0.475 e. The molecule has 1 aromatic heterocycles. The molecule has 8 nitrogen and oxygen atoms in total. The molecule has 150 valence electrons. The van der Waals surface area contributed by atoms with Crippen molar-refractivity contribution in [2.45, 2.75) is 57.1 Å². The number of aromatic carboxylic acids is 1. The van der Waals surface area contributed by atoms with Crippen LogP contribution in [0, 0.1) is 11.3 Å². The highest BCUT2D eigenvalue weighted by Crippen LogP contribution is 2.50. The standard InChI is InChI=1S/C18H26N2O6S/c1-12(2)10-18(7-8-18)11-19-16(21)13-4-3-9-20(13)27(24,25)15-6-5-14(26-15)17(22)23/h5-6,12-13H,3-4,7-11H2,1-2H3,(H,19,21)(H,22,23). The highest BCUT2D eigenvalue weighted by molar-refractivity contribution is 7.89. The van der Waals surface area contributed by atoms with Crippen LogP contribution in [0.3, 0.4) is 0 Å². The van der Waals surface area contributed by atoms with E-state index < -0.39 is 32.9 Å². The number of hydrogen-bond donors (Lipinski definition) is 2. The number of nitrogens with one attached hydrogen (secondary N) is 1. The van der Waals surface area contributed by atoms with Gasteiger partial charge >= 0.3 is 5.97 Å². The number of carboxylic acid groups (broad SMARTS) is 1. The maximum absolute atomic E-state index is 12.8. The largest absolute Gasteiger partial charge is 0.475 e. The van der Waals surface area contributed by atoms with Gasteiger partial charge in [0.05, 0.1) is 0 Å². The maximum Gasteiger partial charge on any atom is 0.371 e. The fourth-order valence-electron chi connectivity index (χ4n) is 3.87. The molecule has 1 atom stereocenters. The topological polar surface area (TPSA) is 117 Å². The number of amides is 1. The second-order valence-electron chi connectivity index (χ2n) is 8.01. The summed E-state index contributed by atoms with van der Waals surface area (Å²) < 4.78 is 31.7. The van der Waals surface area contributed by atoms with Crippen molar-refractivity contribution in [1.29, 1.82) is 0 Å². The highest BCUT2D eigenvalue weighted by atomic mass is 32.2. The van der Waals surface area contributed by atoms with Crippen LogP contribution >= 0.6 is 0 Å². The number of hydrogen-bond acceptors (Lipinski definition) is 5. The second kappa shape index (κ2) is 7.27. The smallest absolute Gasteiger partial charge is 0.371 e. The summed E-state index contributed by atoms with van der Waals surface area (Å²) >= 11 is 0. The monoisotopic (exact) mass is 398 g/mol. The summed E-state index contributed by atoms with van der Waals surface area (Å²) in [6.07, 6.45) is 4.23. The molecular weight excluding hydrogens is 372 g/mol. The molecule has 1 aliphatic carbocycles. The lowest BCUT2D eigenvalue weighted by molar-refractivity contribution is -0.124. The predicted octanol–water partition coefficient (Wildman–Crippen LogP) is 2.07. The van der Waals surface area contributed by atoms with Gasteiger partial charge in [-0.25, -0.2) is 13.2 Å². The molecule has 2 N–H and O–H groups in total. The Morgan fingerprint density at radius 2 is 2.07 bits per heavy atom. The lowest BCUT2D eigenvalue weighted by Gasteiger charge is -2.24. The molecule has 27 heavy (non-hydrogen) atoms. The molecule has 1 amide bonds. The first-order valence-electron chi connectivity index (χ1n) is 9.27. The van der Waals surface area contributed by atoms with Gasteiger partial charge in [0, 0.05) is 13.1 Å². The van der Waals surface area contributed by atoms with Gasteiger partial charge < -0.3 is 14.8 Å². The minimum absolute atomic E-state index is 0.156. The zero-order chi connectivity index (χ0) is 19.8. The van der Waals surface area contributed by atoms with E-state index in [2.05, 4.69) is 19.2 Å². The number of rotatable bonds is 8. The molecule has 0 radical (unpaired) electrons. The third kappa shape index (κ3) is 4.19. The van der Waals surface area contributed by atoms with Gasteiger partial charge in [-0.15, -0.1) is 0 Å². The van der Waals surface area contributed by atoms with E-state index in [9.17, 15) is 18.0 Å². The molecule has 2 aliphatic rings. The van der Waals surface area contributed by atoms with E-state index in [0.717, 1.165) is 35.7 Å². The lowest BCUT2D eigenvalue weighted by atomic mass is 9.94. The molecule has 0 aromatic carbocycles. The summed E-state index contributed by atoms with van der Waals surface area (Å²) in [5, 5.41) is 11.4. The van der Waals surface area contributed by atoms with Crippen molar-refractivity contribution in [1.82, 2.24) is 9.62 Å². The predicted molar refractivity (Wildman–Crippen MR) is 96.7 cm³/mol. The van der Waals surface area contributed by atoms with Crippen molar-refractivity contribution < 1.29 is 27.5 Å². The number of sulfonamides is 1. The molecule has 3 rings (SSSR count). The first-order valence-corrected chi connectivity index (χ1v) is 10.7. The molecule has 2 fully saturated rings. The third-order valence-electron chi connectivity index (χ3n) is 5.30. The van der Waals surface area contributed by atoms with Crippen molar-refractivity contribution in [3.63, 3.8) is 0 Å². The zero-order valence-corrected chi connectivity index (χ0v) is 16.4. The first-order chi connectivity index (χ1) is 12.6. The molecule has 1 unspecified atom stereocenters. The van der Waals surface area contributed by atoms with Crippen molar-refractivity contribution >= 4 is 21.9 Å². The Morgan fingerprint density at radius 3 is 2.63 bits per heavy atom. The SMILES string of the molecule is CC(C)CC1(CNC(=O)C2CCCN2S(=O)(=O)c2ccc(C(=O)O)o2)CC1. The summed E-state index contributed by atoms with van der Waals surface area (Å²) in [7, 11) is -4.06. The van der Waals surface area contributed by atoms with Crippen LogP contribution in [-0.2, 0) is 14.8 Å². The summed E-state index contributed by atoms with van der Waals surface area (Å²) in [4.78, 5) is 23.6. The summed E-state index contributed by atoms with van der Waals surface area (Å²) in [5.74, 6) is -1.53. The van der Waals surface area contributed by atoms with Gasteiger partial charge in [0.25, 0.3) is 10.0 Å². The van der Waals surface area contributed by atoms with Crippen molar-refractivity contribution in [2.24, 2.45) is 11.3 Å². The fourth-order valence-corrected chi connectivity index (χ4v) is 5.44. The average molecular weight is 398 g/mol. The van der Waals surface area contributed by atoms with Crippen LogP contribution in [0.5, 0.6) is 0 Å². The van der Waals surface area contributed by atoms with Crippen LogP contribution in [0.1, 0.15) is 56.5 Å². The summed E-state index contributed by atoms with van der Waals surface area (Å²) in [5.41, 5.74) is 0.156. The minimum atomic E-state index is -4.06. The van der Waals surface area contributed by atoms with Gasteiger partial charge in [-0.1, -0.05) is 13.8 Å². The van der Waals surface area contributed by atoms with E-state index >= 15 is 0 Å². The number of carbonyl (C=O) groups excluding carboxylic acids is 1. The number of carboxylic acids is 1. The Labute approximate surface area is 159 Å². The van der Waals surface area contributed by atoms with E-state index in [1.807, 2.05) is 0 Å². The molecule has 1 aromatic rings. The van der Waals surface area contributed by atoms with Gasteiger partial charge in [-0.3, -0.25) is 4.79 Å². The average Bonchev–Trinajstić information content (AvgIpc) is 3.05. The van der Waals surface area contributed by atoms with Crippen molar-refractivity contribution in [2.75, 3.05) is 13.1 Å². The molecule has 1 saturated heterocycles. The van der Waals surface area contributed by atoms with E-state index in [0.29, 0.717) is 25.3 Å². The van der Waals surface area contributed by atoms with Crippen LogP contribution in [0.4, 0.5) is 0 Å². The maximum atomic E-state index is 12.8. The number of carbonyl (C=O) groups is 2. The summed E-state index contributed by atoms with van der Waals surface area (Å²) in [6, 6.07) is 1.43. The van der Waals surface area contributed by atoms with Crippen LogP contribution < -0.4 is 5.32 Å². The van der Waals surface area contributed by atoms with E-state index in [1.165, 1.54) is 0 Å². The fraction of sp³-hybridized carbons (Fsp3) is 0.667. The molecule has 1 saturated carbocycles.